The maximum absolute atomic E-state index is 13.9. The lowest BCUT2D eigenvalue weighted by molar-refractivity contribution is -0.133. The van der Waals surface area contributed by atoms with Crippen LogP contribution < -0.4 is 16.0 Å². The Bertz CT molecular complexity index is 2040. The summed E-state index contributed by atoms with van der Waals surface area (Å²) in [7, 11) is 0. The summed E-state index contributed by atoms with van der Waals surface area (Å²) in [6, 6.07) is 37.1. The first-order valence-corrected chi connectivity index (χ1v) is 20.1. The van der Waals surface area contributed by atoms with Crippen molar-refractivity contribution in [2.75, 3.05) is 26.2 Å². The number of carbonyl (C=O) groups excluding carboxylic acids is 5. The molecule has 0 aromatic heterocycles. The fourth-order valence-electron chi connectivity index (χ4n) is 8.93. The molecule has 286 valence electrons. The molecule has 5 amide bonds. The van der Waals surface area contributed by atoms with Crippen LogP contribution in [0.1, 0.15) is 80.8 Å². The molecule has 10 nitrogen and oxygen atoms in total. The second-order valence-electron chi connectivity index (χ2n) is 16.3. The Labute approximate surface area is 327 Å². The van der Waals surface area contributed by atoms with Gasteiger partial charge in [0.25, 0.3) is 11.8 Å². The second kappa shape index (κ2) is 15.0. The predicted octanol–water partition coefficient (Wildman–Crippen LogP) is 4.85. The number of amides is 5. The van der Waals surface area contributed by atoms with Crippen molar-refractivity contribution in [3.63, 3.8) is 0 Å². The number of nitrogens with one attached hydrogen (secondary N) is 3. The van der Waals surface area contributed by atoms with Crippen LogP contribution in [0, 0.1) is 17.8 Å². The van der Waals surface area contributed by atoms with Crippen LogP contribution in [0.3, 0.4) is 0 Å². The molecule has 10 heteroatoms. The van der Waals surface area contributed by atoms with E-state index in [1.165, 1.54) is 16.7 Å². The Morgan fingerprint density at radius 1 is 0.446 bits per heavy atom. The van der Waals surface area contributed by atoms with E-state index in [4.69, 9.17) is 0 Å². The van der Waals surface area contributed by atoms with E-state index in [-0.39, 0.29) is 78.5 Å². The monoisotopic (exact) mass is 749 g/mol. The lowest BCUT2D eigenvalue weighted by Gasteiger charge is -2.18. The molecule has 56 heavy (non-hydrogen) atoms. The molecule has 0 radical (unpaired) electrons. The van der Waals surface area contributed by atoms with E-state index in [9.17, 15) is 24.0 Å². The summed E-state index contributed by atoms with van der Waals surface area (Å²) < 4.78 is 0. The van der Waals surface area contributed by atoms with E-state index in [1.807, 2.05) is 54.6 Å². The van der Waals surface area contributed by atoms with E-state index in [0.29, 0.717) is 36.6 Å². The van der Waals surface area contributed by atoms with E-state index in [0.717, 1.165) is 19.3 Å². The van der Waals surface area contributed by atoms with Gasteiger partial charge in [0.2, 0.25) is 17.7 Å². The van der Waals surface area contributed by atoms with Gasteiger partial charge in [0.15, 0.2) is 0 Å². The van der Waals surface area contributed by atoms with Gasteiger partial charge in [-0.2, -0.15) is 0 Å². The number of nitrogens with zero attached hydrogens (tertiary/aromatic N) is 2. The molecule has 3 N–H and O–H groups in total. The molecule has 9 atom stereocenters. The van der Waals surface area contributed by atoms with Crippen molar-refractivity contribution < 1.29 is 24.0 Å². The van der Waals surface area contributed by atoms with Crippen LogP contribution in [0.4, 0.5) is 0 Å². The standard InChI is InChI=1S/C46H47N5O5/c52-42(47-39-22-34(39)28-10-4-1-5-11-28)33-20-21-50(25-33)45(55)31-16-18-32(19-17-31)46(56)51-26-37(43(53)48-40-23-35(40)29-12-6-2-7-13-29)38(27-51)44(54)49-41-24-36(41)30-14-8-3-9-15-30/h1-19,33-41H,20-27H2,(H,47,52)(H,48,53)(H,49,54)/t33-,34+,35-,36-,37+,38+,39?,40?,41?/m0/s1. The van der Waals surface area contributed by atoms with Crippen molar-refractivity contribution in [2.45, 2.75) is 61.6 Å². The first-order valence-electron chi connectivity index (χ1n) is 20.1. The quantitative estimate of drug-likeness (QED) is 0.202. The van der Waals surface area contributed by atoms with Gasteiger partial charge in [-0.25, -0.2) is 0 Å². The fraction of sp³-hybridized carbons (Fsp3) is 0.370. The minimum Gasteiger partial charge on any atom is -0.352 e. The predicted molar refractivity (Wildman–Crippen MR) is 211 cm³/mol. The Morgan fingerprint density at radius 3 is 1.23 bits per heavy atom. The van der Waals surface area contributed by atoms with Crippen LogP contribution in [0.15, 0.2) is 115 Å². The first kappa shape index (κ1) is 35.9. The molecule has 3 aliphatic carbocycles. The molecule has 5 fully saturated rings. The Morgan fingerprint density at radius 2 is 0.821 bits per heavy atom. The van der Waals surface area contributed by atoms with E-state index < -0.39 is 11.8 Å². The molecule has 0 bridgehead atoms. The largest absolute Gasteiger partial charge is 0.352 e. The second-order valence-corrected chi connectivity index (χ2v) is 16.3. The number of benzene rings is 4. The first-order chi connectivity index (χ1) is 27.3. The Balaban J connectivity index is 0.818. The van der Waals surface area contributed by atoms with Gasteiger partial charge in [0, 0.05) is 73.2 Å². The molecule has 2 saturated heterocycles. The molecular formula is C46H47N5O5. The summed E-state index contributed by atoms with van der Waals surface area (Å²) in [6.07, 6.45) is 3.22. The SMILES string of the molecule is O=C(NC1C[C@@H]1c1ccccc1)[C@H]1CCN(C(=O)c2ccc(C(=O)N3C[C@@H](C(=O)NC4C[C@H]4c4ccccc4)[C@H](C(=O)NC4C[C@H]4c4ccccc4)C3)cc2)C1. The zero-order chi connectivity index (χ0) is 38.3. The molecule has 4 aromatic carbocycles. The Kier molecular flexibility index (Phi) is 9.65. The van der Waals surface area contributed by atoms with Gasteiger partial charge in [-0.3, -0.25) is 24.0 Å². The lowest BCUT2D eigenvalue weighted by Crippen LogP contribution is -2.43. The number of likely N-dealkylation sites (tertiary alicyclic amines) is 2. The molecule has 2 aliphatic heterocycles. The minimum absolute atomic E-state index is 0.000184. The Hall–Kier alpha value is -5.77. The minimum atomic E-state index is -0.685. The van der Waals surface area contributed by atoms with Gasteiger partial charge in [-0.1, -0.05) is 91.0 Å². The highest BCUT2D eigenvalue weighted by atomic mass is 16.2. The molecule has 5 aliphatic rings. The molecule has 3 unspecified atom stereocenters. The van der Waals surface area contributed by atoms with E-state index in [1.54, 1.807) is 34.1 Å². The average molecular weight is 750 g/mol. The third kappa shape index (κ3) is 7.57. The molecule has 4 aromatic rings. The number of rotatable bonds is 11. The zero-order valence-electron chi connectivity index (χ0n) is 31.3. The van der Waals surface area contributed by atoms with Gasteiger partial charge in [-0.15, -0.1) is 0 Å². The van der Waals surface area contributed by atoms with Crippen LogP contribution >= 0.6 is 0 Å². The van der Waals surface area contributed by atoms with Crippen molar-refractivity contribution in [3.8, 4) is 0 Å². The molecule has 0 spiro atoms. The highest BCUT2D eigenvalue weighted by Crippen LogP contribution is 2.43. The van der Waals surface area contributed by atoms with Gasteiger partial charge in [-0.05, 0) is 66.6 Å². The van der Waals surface area contributed by atoms with E-state index in [2.05, 4.69) is 52.3 Å². The zero-order valence-corrected chi connectivity index (χ0v) is 31.3. The fourth-order valence-corrected chi connectivity index (χ4v) is 8.93. The topological polar surface area (TPSA) is 128 Å². The van der Waals surface area contributed by atoms with Crippen molar-refractivity contribution in [1.82, 2.24) is 25.8 Å². The highest BCUT2D eigenvalue weighted by molar-refractivity contribution is 5.99. The smallest absolute Gasteiger partial charge is 0.253 e. The normalized spacial score (nSPS) is 28.6. The maximum atomic E-state index is 13.9. The van der Waals surface area contributed by atoms with Crippen molar-refractivity contribution in [1.29, 1.82) is 0 Å². The van der Waals surface area contributed by atoms with Gasteiger partial charge in [0.05, 0.1) is 17.8 Å². The third-order valence-corrected chi connectivity index (χ3v) is 12.5. The van der Waals surface area contributed by atoms with Gasteiger partial charge >= 0.3 is 0 Å². The van der Waals surface area contributed by atoms with E-state index >= 15 is 0 Å². The summed E-state index contributed by atoms with van der Waals surface area (Å²) >= 11 is 0. The number of hydrogen-bond donors (Lipinski definition) is 3. The van der Waals surface area contributed by atoms with Crippen molar-refractivity contribution >= 4 is 29.5 Å². The van der Waals surface area contributed by atoms with Crippen LogP contribution in [0.5, 0.6) is 0 Å². The maximum Gasteiger partial charge on any atom is 0.253 e. The number of hydrogen-bond acceptors (Lipinski definition) is 5. The summed E-state index contributed by atoms with van der Waals surface area (Å²) in [6.45, 7) is 1.10. The van der Waals surface area contributed by atoms with Crippen molar-refractivity contribution in [3.05, 3.63) is 143 Å². The lowest BCUT2D eigenvalue weighted by atomic mass is 9.94. The van der Waals surface area contributed by atoms with Crippen LogP contribution in [-0.4, -0.2) is 83.6 Å². The number of carbonyl (C=O) groups is 5. The summed E-state index contributed by atoms with van der Waals surface area (Å²) in [5, 5.41) is 9.55. The molecule has 2 heterocycles. The summed E-state index contributed by atoms with van der Waals surface area (Å²) in [4.78, 5) is 71.4. The highest BCUT2D eigenvalue weighted by Gasteiger charge is 2.49. The van der Waals surface area contributed by atoms with Crippen LogP contribution in [0.25, 0.3) is 0 Å². The van der Waals surface area contributed by atoms with Gasteiger partial charge < -0.3 is 25.8 Å². The average Bonchev–Trinajstić information content (AvgIpc) is 4.20. The third-order valence-electron chi connectivity index (χ3n) is 12.5. The summed E-state index contributed by atoms with van der Waals surface area (Å²) in [5.41, 5.74) is 4.42. The summed E-state index contributed by atoms with van der Waals surface area (Å²) in [5.74, 6) is -1.67. The van der Waals surface area contributed by atoms with Crippen molar-refractivity contribution in [2.24, 2.45) is 17.8 Å². The molecular weight excluding hydrogens is 703 g/mol. The molecule has 9 rings (SSSR count). The van der Waals surface area contributed by atoms with Crippen LogP contribution in [0.2, 0.25) is 0 Å². The van der Waals surface area contributed by atoms with Gasteiger partial charge in [0.1, 0.15) is 0 Å². The molecule has 3 saturated carbocycles. The van der Waals surface area contributed by atoms with Crippen LogP contribution in [-0.2, 0) is 14.4 Å².